The summed E-state index contributed by atoms with van der Waals surface area (Å²) in [6, 6.07) is -0.624. The van der Waals surface area contributed by atoms with Gasteiger partial charge in [0.1, 0.15) is 0 Å². The maximum absolute atomic E-state index is 12.5. The number of rotatable bonds is 68. The second kappa shape index (κ2) is 68.1. The molecule has 0 fully saturated rings. The summed E-state index contributed by atoms with van der Waals surface area (Å²) in [5.41, 5.74) is 0. The van der Waals surface area contributed by atoms with Crippen molar-refractivity contribution in [1.82, 2.24) is 5.32 Å². The summed E-state index contributed by atoms with van der Waals surface area (Å²) < 4.78 is 5.50. The summed E-state index contributed by atoms with van der Waals surface area (Å²) in [5.74, 6) is -0.0368. The molecule has 0 aromatic rings. The molecule has 0 aromatic heterocycles. The van der Waals surface area contributed by atoms with Crippen molar-refractivity contribution in [3.05, 3.63) is 12.2 Å². The van der Waals surface area contributed by atoms with E-state index in [9.17, 15) is 19.8 Å². The molecule has 0 spiro atoms. The molecule has 6 heteroatoms. The molecule has 0 saturated heterocycles. The first kappa shape index (κ1) is 76.6. The largest absolute Gasteiger partial charge is 0.466 e. The number of hydrogen-bond acceptors (Lipinski definition) is 5. The predicted octanol–water partition coefficient (Wildman–Crippen LogP) is 23.1. The van der Waals surface area contributed by atoms with Crippen LogP contribution in [0, 0.1) is 0 Å². The zero-order valence-corrected chi connectivity index (χ0v) is 53.2. The first-order valence-electron chi connectivity index (χ1n) is 36.0. The number of ether oxygens (including phenoxy) is 1. The normalized spacial score (nSPS) is 12.5. The third-order valence-corrected chi connectivity index (χ3v) is 17.1. The van der Waals surface area contributed by atoms with E-state index < -0.39 is 12.1 Å². The van der Waals surface area contributed by atoms with Crippen LogP contribution in [-0.4, -0.2) is 47.4 Å². The van der Waals surface area contributed by atoms with E-state index in [1.807, 2.05) is 6.08 Å². The lowest BCUT2D eigenvalue weighted by Crippen LogP contribution is -2.45. The number of carbonyl (C=O) groups excluding carboxylic acids is 2. The first-order chi connectivity index (χ1) is 38.5. The Morgan fingerprint density at radius 2 is 0.590 bits per heavy atom. The fourth-order valence-electron chi connectivity index (χ4n) is 11.6. The number of esters is 1. The van der Waals surface area contributed by atoms with Gasteiger partial charge in [0.15, 0.2) is 0 Å². The van der Waals surface area contributed by atoms with E-state index in [0.29, 0.717) is 19.4 Å². The molecule has 6 nitrogen and oxygen atoms in total. The van der Waals surface area contributed by atoms with Crippen molar-refractivity contribution in [2.45, 2.75) is 424 Å². The summed E-state index contributed by atoms with van der Waals surface area (Å²) in [7, 11) is 0. The Hall–Kier alpha value is -1.40. The van der Waals surface area contributed by atoms with E-state index in [2.05, 4.69) is 19.2 Å². The SMILES string of the molecule is CCCCCCCCCCCCCCCC/C=C/C(O)C(CO)NC(=O)CCCCCCCCCCCCCCCCCCCCCCCCCCCCCCCCCOC(=O)CCCCCCCCCCCCCCCC. The van der Waals surface area contributed by atoms with Crippen LogP contribution < -0.4 is 5.32 Å². The van der Waals surface area contributed by atoms with E-state index in [0.717, 1.165) is 38.5 Å². The Labute approximate surface area is 489 Å². The van der Waals surface area contributed by atoms with Crippen LogP contribution >= 0.6 is 0 Å². The van der Waals surface area contributed by atoms with Crippen LogP contribution in [-0.2, 0) is 14.3 Å². The van der Waals surface area contributed by atoms with E-state index in [1.165, 1.54) is 347 Å². The van der Waals surface area contributed by atoms with Gasteiger partial charge in [0, 0.05) is 12.8 Å². The second-order valence-corrected chi connectivity index (χ2v) is 24.9. The first-order valence-corrected chi connectivity index (χ1v) is 36.0. The third kappa shape index (κ3) is 63.8. The zero-order valence-electron chi connectivity index (χ0n) is 53.2. The summed E-state index contributed by atoms with van der Waals surface area (Å²) in [6.07, 6.45) is 84.5. The molecule has 0 aliphatic rings. The van der Waals surface area contributed by atoms with Gasteiger partial charge in [-0.2, -0.15) is 0 Å². The van der Waals surface area contributed by atoms with Gasteiger partial charge in [0.25, 0.3) is 0 Å². The van der Waals surface area contributed by atoms with Gasteiger partial charge < -0.3 is 20.3 Å². The van der Waals surface area contributed by atoms with Crippen molar-refractivity contribution < 1.29 is 24.5 Å². The summed E-state index contributed by atoms with van der Waals surface area (Å²) in [6.45, 7) is 4.95. The quantitative estimate of drug-likeness (QED) is 0.0320. The molecule has 0 aliphatic carbocycles. The fraction of sp³-hybridized carbons (Fsp3) is 0.944. The number of aliphatic hydroxyl groups is 2. The molecular formula is C72H141NO5. The molecular weight excluding hydrogens is 959 g/mol. The van der Waals surface area contributed by atoms with Crippen LogP contribution in [0.1, 0.15) is 412 Å². The van der Waals surface area contributed by atoms with Crippen LogP contribution in [0.15, 0.2) is 12.2 Å². The van der Waals surface area contributed by atoms with Crippen molar-refractivity contribution in [3.8, 4) is 0 Å². The van der Waals surface area contributed by atoms with Crippen LogP contribution in [0.25, 0.3) is 0 Å². The average molecular weight is 1100 g/mol. The smallest absolute Gasteiger partial charge is 0.305 e. The number of nitrogens with one attached hydrogen (secondary N) is 1. The van der Waals surface area contributed by atoms with Crippen LogP contribution in [0.2, 0.25) is 0 Å². The molecule has 464 valence electrons. The molecule has 0 aliphatic heterocycles. The van der Waals surface area contributed by atoms with Gasteiger partial charge in [-0.05, 0) is 32.1 Å². The van der Waals surface area contributed by atoms with Gasteiger partial charge in [-0.3, -0.25) is 9.59 Å². The molecule has 1 amide bonds. The molecule has 0 heterocycles. The van der Waals surface area contributed by atoms with Crippen LogP contribution in [0.3, 0.4) is 0 Å². The highest BCUT2D eigenvalue weighted by atomic mass is 16.5. The maximum atomic E-state index is 12.5. The Morgan fingerprint density at radius 3 is 0.872 bits per heavy atom. The second-order valence-electron chi connectivity index (χ2n) is 24.9. The number of unbranched alkanes of at least 4 members (excludes halogenated alkanes) is 57. The van der Waals surface area contributed by atoms with Crippen molar-refractivity contribution in [2.24, 2.45) is 0 Å². The maximum Gasteiger partial charge on any atom is 0.305 e. The van der Waals surface area contributed by atoms with Crippen LogP contribution in [0.5, 0.6) is 0 Å². The standard InChI is InChI=1S/C72H141NO5/c1-3-5-7-9-11-13-15-17-19-37-40-44-48-52-56-60-64-70(75)69(68-74)73-71(76)65-61-57-53-49-45-41-38-35-33-31-29-27-25-23-21-20-22-24-26-28-30-32-34-36-39-43-47-51-55-59-63-67-78-72(77)66-62-58-54-50-46-42-18-16-14-12-10-8-6-4-2/h60,64,69-70,74-75H,3-59,61-63,65-68H2,1-2H3,(H,73,76)/b64-60+. The summed E-state index contributed by atoms with van der Waals surface area (Å²) in [5, 5.41) is 23.2. The number of carbonyl (C=O) groups is 2. The molecule has 0 rings (SSSR count). The van der Waals surface area contributed by atoms with E-state index >= 15 is 0 Å². The van der Waals surface area contributed by atoms with E-state index in [-0.39, 0.29) is 18.5 Å². The minimum Gasteiger partial charge on any atom is -0.466 e. The predicted molar refractivity (Wildman–Crippen MR) is 343 cm³/mol. The minimum atomic E-state index is -0.841. The molecule has 3 N–H and O–H groups in total. The van der Waals surface area contributed by atoms with Gasteiger partial charge in [0.05, 0.1) is 25.4 Å². The molecule has 0 saturated carbocycles. The van der Waals surface area contributed by atoms with E-state index in [4.69, 9.17) is 4.74 Å². The Balaban J connectivity index is 3.33. The fourth-order valence-corrected chi connectivity index (χ4v) is 11.6. The highest BCUT2D eigenvalue weighted by molar-refractivity contribution is 5.76. The monoisotopic (exact) mass is 1100 g/mol. The third-order valence-electron chi connectivity index (χ3n) is 17.1. The molecule has 0 radical (unpaired) electrons. The molecule has 2 unspecified atom stereocenters. The Kier molecular flexibility index (Phi) is 66.9. The average Bonchev–Trinajstić information content (AvgIpc) is 3.44. The minimum absolute atomic E-state index is 0.0236. The number of amides is 1. The van der Waals surface area contributed by atoms with Gasteiger partial charge in [-0.15, -0.1) is 0 Å². The highest BCUT2D eigenvalue weighted by Crippen LogP contribution is 2.19. The van der Waals surface area contributed by atoms with Crippen molar-refractivity contribution in [3.63, 3.8) is 0 Å². The van der Waals surface area contributed by atoms with Crippen molar-refractivity contribution in [2.75, 3.05) is 13.2 Å². The lowest BCUT2D eigenvalue weighted by molar-refractivity contribution is -0.143. The zero-order chi connectivity index (χ0) is 56.4. The van der Waals surface area contributed by atoms with Crippen molar-refractivity contribution in [1.29, 1.82) is 0 Å². The molecule has 0 bridgehead atoms. The Bertz CT molecular complexity index is 1180. The highest BCUT2D eigenvalue weighted by Gasteiger charge is 2.18. The molecule has 2 atom stereocenters. The van der Waals surface area contributed by atoms with Gasteiger partial charge >= 0.3 is 5.97 Å². The number of allylic oxidation sites excluding steroid dienone is 1. The van der Waals surface area contributed by atoms with Crippen LogP contribution in [0.4, 0.5) is 0 Å². The topological polar surface area (TPSA) is 95.9 Å². The lowest BCUT2D eigenvalue weighted by Gasteiger charge is -2.20. The van der Waals surface area contributed by atoms with Crippen molar-refractivity contribution >= 4 is 11.9 Å². The molecule has 78 heavy (non-hydrogen) atoms. The number of aliphatic hydroxyl groups excluding tert-OH is 2. The summed E-state index contributed by atoms with van der Waals surface area (Å²) >= 11 is 0. The molecule has 0 aromatic carbocycles. The summed E-state index contributed by atoms with van der Waals surface area (Å²) in [4.78, 5) is 24.6. The Morgan fingerprint density at radius 1 is 0.346 bits per heavy atom. The number of hydrogen-bond donors (Lipinski definition) is 3. The van der Waals surface area contributed by atoms with Gasteiger partial charge in [0.2, 0.25) is 5.91 Å². The van der Waals surface area contributed by atoms with Gasteiger partial charge in [-0.25, -0.2) is 0 Å². The van der Waals surface area contributed by atoms with Gasteiger partial charge in [-0.1, -0.05) is 379 Å². The van der Waals surface area contributed by atoms with E-state index in [1.54, 1.807) is 6.08 Å². The lowest BCUT2D eigenvalue weighted by atomic mass is 10.0.